The molecule has 1 unspecified atom stereocenters. The molecular formula is C12H15ClN2O4S. The lowest BCUT2D eigenvalue weighted by Gasteiger charge is -2.14. The molecule has 1 saturated heterocycles. The van der Waals surface area contributed by atoms with Crippen molar-refractivity contribution in [3.8, 4) is 5.75 Å². The van der Waals surface area contributed by atoms with Gasteiger partial charge in [-0.1, -0.05) is 11.6 Å². The van der Waals surface area contributed by atoms with Gasteiger partial charge in [-0.3, -0.25) is 4.79 Å². The van der Waals surface area contributed by atoms with E-state index in [9.17, 15) is 13.2 Å². The number of carbonyl (C=O) groups is 1. The van der Waals surface area contributed by atoms with Crippen molar-refractivity contribution in [3.63, 3.8) is 0 Å². The van der Waals surface area contributed by atoms with Crippen molar-refractivity contribution in [3.05, 3.63) is 23.2 Å². The Morgan fingerprint density at radius 3 is 2.85 bits per heavy atom. The van der Waals surface area contributed by atoms with E-state index in [0.717, 1.165) is 0 Å². The fraction of sp³-hybridized carbons (Fsp3) is 0.417. The molecule has 8 heteroatoms. The molecule has 2 rings (SSSR count). The maximum absolute atomic E-state index is 12.2. The molecule has 1 aromatic rings. The number of benzene rings is 1. The van der Waals surface area contributed by atoms with Crippen LogP contribution >= 0.6 is 11.6 Å². The Labute approximate surface area is 122 Å². The summed E-state index contributed by atoms with van der Waals surface area (Å²) in [5.74, 6) is 0.159. The van der Waals surface area contributed by atoms with Crippen LogP contribution < -0.4 is 14.8 Å². The summed E-state index contributed by atoms with van der Waals surface area (Å²) in [4.78, 5) is 11.1. The van der Waals surface area contributed by atoms with E-state index < -0.39 is 10.0 Å². The first-order chi connectivity index (χ1) is 9.42. The molecule has 1 fully saturated rings. The Kier molecular flexibility index (Phi) is 4.52. The number of carbonyl (C=O) groups excluding carboxylic acids is 1. The lowest BCUT2D eigenvalue weighted by atomic mass is 10.2. The van der Waals surface area contributed by atoms with Gasteiger partial charge in [-0.2, -0.15) is 0 Å². The number of halogens is 1. The molecule has 1 atom stereocenters. The highest BCUT2D eigenvalue weighted by Gasteiger charge is 2.25. The SMILES string of the molecule is COc1ccc(Cl)cc1S(=O)(=O)NCC1CCC(=O)N1. The number of hydrogen-bond acceptors (Lipinski definition) is 4. The predicted molar refractivity (Wildman–Crippen MR) is 74.4 cm³/mol. The monoisotopic (exact) mass is 318 g/mol. The van der Waals surface area contributed by atoms with Gasteiger partial charge in [-0.25, -0.2) is 13.1 Å². The molecule has 0 bridgehead atoms. The zero-order valence-electron chi connectivity index (χ0n) is 10.8. The van der Waals surface area contributed by atoms with E-state index in [2.05, 4.69) is 10.0 Å². The third kappa shape index (κ3) is 3.41. The zero-order valence-corrected chi connectivity index (χ0v) is 12.4. The highest BCUT2D eigenvalue weighted by atomic mass is 35.5. The van der Waals surface area contributed by atoms with Crippen LogP contribution in [0, 0.1) is 0 Å². The van der Waals surface area contributed by atoms with E-state index in [1.165, 1.54) is 19.2 Å². The Bertz CT molecular complexity index is 618. The molecule has 1 aliphatic rings. The number of ether oxygens (including phenoxy) is 1. The topological polar surface area (TPSA) is 84.5 Å². The summed E-state index contributed by atoms with van der Waals surface area (Å²) in [6.45, 7) is 0.143. The summed E-state index contributed by atoms with van der Waals surface area (Å²) < 4.78 is 32.0. The molecule has 110 valence electrons. The second-order valence-electron chi connectivity index (χ2n) is 4.45. The van der Waals surface area contributed by atoms with Gasteiger partial charge < -0.3 is 10.1 Å². The fourth-order valence-corrected chi connectivity index (χ4v) is 3.49. The van der Waals surface area contributed by atoms with Crippen molar-refractivity contribution in [2.75, 3.05) is 13.7 Å². The van der Waals surface area contributed by atoms with Crippen LogP contribution in [0.5, 0.6) is 5.75 Å². The van der Waals surface area contributed by atoms with Crippen molar-refractivity contribution < 1.29 is 17.9 Å². The molecule has 20 heavy (non-hydrogen) atoms. The lowest BCUT2D eigenvalue weighted by Crippen LogP contribution is -2.38. The Balaban J connectivity index is 2.14. The van der Waals surface area contributed by atoms with Crippen LogP contribution in [0.15, 0.2) is 23.1 Å². The van der Waals surface area contributed by atoms with Crippen molar-refractivity contribution in [1.82, 2.24) is 10.0 Å². The van der Waals surface area contributed by atoms with Gasteiger partial charge in [0.25, 0.3) is 0 Å². The maximum Gasteiger partial charge on any atom is 0.244 e. The molecular weight excluding hydrogens is 304 g/mol. The summed E-state index contributed by atoms with van der Waals surface area (Å²) in [6.07, 6.45) is 1.04. The van der Waals surface area contributed by atoms with Gasteiger partial charge in [0.05, 0.1) is 7.11 Å². The molecule has 1 aromatic carbocycles. The zero-order chi connectivity index (χ0) is 14.8. The molecule has 0 aromatic heterocycles. The minimum atomic E-state index is -3.74. The first-order valence-electron chi connectivity index (χ1n) is 6.05. The molecule has 2 N–H and O–H groups in total. The molecule has 6 nitrogen and oxygen atoms in total. The number of amides is 1. The van der Waals surface area contributed by atoms with E-state index in [-0.39, 0.29) is 29.1 Å². The first kappa shape index (κ1) is 15.1. The van der Waals surface area contributed by atoms with Gasteiger partial charge in [0, 0.05) is 24.0 Å². The van der Waals surface area contributed by atoms with Crippen LogP contribution in [0.3, 0.4) is 0 Å². The van der Waals surface area contributed by atoms with Crippen LogP contribution in [0.1, 0.15) is 12.8 Å². The second-order valence-corrected chi connectivity index (χ2v) is 6.62. The number of rotatable bonds is 5. The third-order valence-corrected chi connectivity index (χ3v) is 4.70. The van der Waals surface area contributed by atoms with Gasteiger partial charge in [0.2, 0.25) is 15.9 Å². The standard InChI is InChI=1S/C12H15ClN2O4S/c1-19-10-4-2-8(13)6-11(10)20(17,18)14-7-9-3-5-12(16)15-9/h2,4,6,9,14H,3,5,7H2,1H3,(H,15,16). The van der Waals surface area contributed by atoms with E-state index in [0.29, 0.717) is 17.9 Å². The van der Waals surface area contributed by atoms with Crippen LogP contribution in [-0.4, -0.2) is 34.0 Å². The minimum absolute atomic E-state index is 0.0168. The summed E-state index contributed by atoms with van der Waals surface area (Å²) in [5.41, 5.74) is 0. The van der Waals surface area contributed by atoms with E-state index >= 15 is 0 Å². The molecule has 0 aliphatic carbocycles. The smallest absolute Gasteiger partial charge is 0.244 e. The van der Waals surface area contributed by atoms with Gasteiger partial charge >= 0.3 is 0 Å². The molecule has 1 heterocycles. The van der Waals surface area contributed by atoms with Crippen molar-refractivity contribution in [2.24, 2.45) is 0 Å². The average molecular weight is 319 g/mol. The number of methoxy groups -OCH3 is 1. The molecule has 0 radical (unpaired) electrons. The van der Waals surface area contributed by atoms with Gasteiger partial charge in [0.1, 0.15) is 10.6 Å². The van der Waals surface area contributed by atoms with Gasteiger partial charge in [-0.15, -0.1) is 0 Å². The summed E-state index contributed by atoms with van der Waals surface area (Å²) in [5, 5.41) is 3.00. The quantitative estimate of drug-likeness (QED) is 0.845. The first-order valence-corrected chi connectivity index (χ1v) is 7.91. The van der Waals surface area contributed by atoms with Crippen molar-refractivity contribution in [2.45, 2.75) is 23.8 Å². The summed E-state index contributed by atoms with van der Waals surface area (Å²) in [7, 11) is -2.35. The van der Waals surface area contributed by atoms with Crippen LogP contribution in [0.4, 0.5) is 0 Å². The van der Waals surface area contributed by atoms with E-state index in [1.807, 2.05) is 0 Å². The Morgan fingerprint density at radius 1 is 1.50 bits per heavy atom. The van der Waals surface area contributed by atoms with Crippen LogP contribution in [-0.2, 0) is 14.8 Å². The molecule has 0 saturated carbocycles. The summed E-state index contributed by atoms with van der Waals surface area (Å²) in [6, 6.07) is 4.20. The number of nitrogens with one attached hydrogen (secondary N) is 2. The average Bonchev–Trinajstić information content (AvgIpc) is 2.82. The largest absolute Gasteiger partial charge is 0.495 e. The molecule has 1 amide bonds. The lowest BCUT2D eigenvalue weighted by molar-refractivity contribution is -0.119. The van der Waals surface area contributed by atoms with Crippen LogP contribution in [0.25, 0.3) is 0 Å². The second kappa shape index (κ2) is 5.99. The normalized spacial score (nSPS) is 18.9. The van der Waals surface area contributed by atoms with Gasteiger partial charge in [-0.05, 0) is 24.6 Å². The third-order valence-electron chi connectivity index (χ3n) is 3.02. The Morgan fingerprint density at radius 2 is 2.25 bits per heavy atom. The van der Waals surface area contributed by atoms with Crippen LogP contribution in [0.2, 0.25) is 5.02 Å². The summed E-state index contributed by atoms with van der Waals surface area (Å²) >= 11 is 5.82. The van der Waals surface area contributed by atoms with Crippen molar-refractivity contribution >= 4 is 27.5 Å². The Hall–Kier alpha value is -1.31. The molecule has 0 spiro atoms. The minimum Gasteiger partial charge on any atom is -0.495 e. The van der Waals surface area contributed by atoms with E-state index in [4.69, 9.17) is 16.3 Å². The molecule has 1 aliphatic heterocycles. The highest BCUT2D eigenvalue weighted by molar-refractivity contribution is 7.89. The highest BCUT2D eigenvalue weighted by Crippen LogP contribution is 2.26. The number of hydrogen-bond donors (Lipinski definition) is 2. The van der Waals surface area contributed by atoms with Crippen molar-refractivity contribution in [1.29, 1.82) is 0 Å². The van der Waals surface area contributed by atoms with E-state index in [1.54, 1.807) is 6.07 Å². The fourth-order valence-electron chi connectivity index (χ4n) is 1.98. The predicted octanol–water partition coefficient (Wildman–Crippen LogP) is 0.905. The maximum atomic E-state index is 12.2. The van der Waals surface area contributed by atoms with Gasteiger partial charge in [0.15, 0.2) is 0 Å². The number of sulfonamides is 1.